The summed E-state index contributed by atoms with van der Waals surface area (Å²) in [5, 5.41) is 5.14. The predicted octanol–water partition coefficient (Wildman–Crippen LogP) is 7.10. The number of aryl methyl sites for hydroxylation is 3. The van der Waals surface area contributed by atoms with Gasteiger partial charge in [-0.25, -0.2) is 8.42 Å². The summed E-state index contributed by atoms with van der Waals surface area (Å²) in [7, 11) is -3.93. The minimum atomic E-state index is -3.93. The van der Waals surface area contributed by atoms with Crippen LogP contribution in [0.4, 0.5) is 11.4 Å². The first-order chi connectivity index (χ1) is 18.1. The van der Waals surface area contributed by atoms with Crippen molar-refractivity contribution in [3.63, 3.8) is 0 Å². The average molecular weight is 526 g/mol. The molecule has 2 N–H and O–H groups in total. The molecule has 0 aliphatic rings. The molecule has 1 aromatic heterocycles. The van der Waals surface area contributed by atoms with Gasteiger partial charge >= 0.3 is 0 Å². The van der Waals surface area contributed by atoms with Gasteiger partial charge in [-0.3, -0.25) is 9.52 Å². The number of carbonyl (C=O) groups excluding carboxylic acids is 1. The zero-order chi connectivity index (χ0) is 27.2. The van der Waals surface area contributed by atoms with Crippen molar-refractivity contribution in [3.8, 4) is 0 Å². The topological polar surface area (TPSA) is 80.2 Å². The quantitative estimate of drug-likeness (QED) is 0.248. The molecule has 5 rings (SSSR count). The summed E-state index contributed by atoms with van der Waals surface area (Å²) in [6.45, 7) is 10.4. The summed E-state index contributed by atoms with van der Waals surface area (Å²) in [6, 6.07) is 22.7. The first-order valence-corrected chi connectivity index (χ1v) is 14.1. The molecule has 6 nitrogen and oxygen atoms in total. The molecule has 1 heterocycles. The number of rotatable bonds is 6. The lowest BCUT2D eigenvalue weighted by molar-refractivity contribution is 0.102. The van der Waals surface area contributed by atoms with Crippen LogP contribution < -0.4 is 10.0 Å². The van der Waals surface area contributed by atoms with Gasteiger partial charge in [-0.1, -0.05) is 36.4 Å². The molecule has 7 heteroatoms. The van der Waals surface area contributed by atoms with E-state index in [0.717, 1.165) is 39.5 Å². The van der Waals surface area contributed by atoms with E-state index in [1.165, 1.54) is 0 Å². The Morgan fingerprint density at radius 2 is 1.42 bits per heavy atom. The molecule has 0 saturated heterocycles. The lowest BCUT2D eigenvalue weighted by atomic mass is 10.0. The minimum absolute atomic E-state index is 0.228. The van der Waals surface area contributed by atoms with E-state index < -0.39 is 15.9 Å². The van der Waals surface area contributed by atoms with E-state index in [0.29, 0.717) is 16.8 Å². The van der Waals surface area contributed by atoms with Crippen LogP contribution in [0.25, 0.3) is 21.8 Å². The highest BCUT2D eigenvalue weighted by molar-refractivity contribution is 7.92. The molecule has 0 spiro atoms. The SMILES string of the molecule is CCn1c2ccccc2c2cc(NC(=O)c3ccccc3NS(=O)(=O)c3c(C)c(C)cc(C)c3C)ccc21. The number of para-hydroxylation sites is 2. The van der Waals surface area contributed by atoms with E-state index >= 15 is 0 Å². The summed E-state index contributed by atoms with van der Waals surface area (Å²) < 4.78 is 32.0. The number of hydrogen-bond donors (Lipinski definition) is 2. The molecule has 194 valence electrons. The number of sulfonamides is 1. The summed E-state index contributed by atoms with van der Waals surface area (Å²) in [6.07, 6.45) is 0. The van der Waals surface area contributed by atoms with Crippen molar-refractivity contribution < 1.29 is 13.2 Å². The number of carbonyl (C=O) groups is 1. The van der Waals surface area contributed by atoms with Crippen LogP contribution in [-0.4, -0.2) is 18.9 Å². The third-order valence-electron chi connectivity index (χ3n) is 7.33. The molecule has 0 radical (unpaired) electrons. The minimum Gasteiger partial charge on any atom is -0.341 e. The molecule has 4 aromatic carbocycles. The van der Waals surface area contributed by atoms with Crippen molar-refractivity contribution in [2.75, 3.05) is 10.0 Å². The number of fused-ring (bicyclic) bond motifs is 3. The molecule has 0 aliphatic heterocycles. The highest BCUT2D eigenvalue weighted by Crippen LogP contribution is 2.32. The highest BCUT2D eigenvalue weighted by Gasteiger charge is 2.24. The first-order valence-electron chi connectivity index (χ1n) is 12.6. The van der Waals surface area contributed by atoms with Crippen LogP contribution in [0.2, 0.25) is 0 Å². The summed E-state index contributed by atoms with van der Waals surface area (Å²) in [4.78, 5) is 13.7. The van der Waals surface area contributed by atoms with E-state index in [9.17, 15) is 13.2 Å². The van der Waals surface area contributed by atoms with Crippen molar-refractivity contribution in [1.29, 1.82) is 0 Å². The van der Waals surface area contributed by atoms with E-state index in [1.807, 2.05) is 50.2 Å². The van der Waals surface area contributed by atoms with E-state index in [4.69, 9.17) is 0 Å². The lowest BCUT2D eigenvalue weighted by Gasteiger charge is -2.18. The third kappa shape index (κ3) is 4.33. The van der Waals surface area contributed by atoms with Gasteiger partial charge in [0.1, 0.15) is 0 Å². The Balaban J connectivity index is 1.49. The fourth-order valence-electron chi connectivity index (χ4n) is 5.22. The Morgan fingerprint density at radius 1 is 0.789 bits per heavy atom. The maximum atomic E-state index is 13.5. The molecule has 38 heavy (non-hydrogen) atoms. The van der Waals surface area contributed by atoms with Crippen LogP contribution in [0.5, 0.6) is 0 Å². The van der Waals surface area contributed by atoms with Gasteiger partial charge in [0.2, 0.25) is 0 Å². The number of amides is 1. The van der Waals surface area contributed by atoms with Gasteiger partial charge in [-0.05, 0) is 93.3 Å². The van der Waals surface area contributed by atoms with Crippen molar-refractivity contribution >= 4 is 49.1 Å². The zero-order valence-electron chi connectivity index (χ0n) is 22.2. The van der Waals surface area contributed by atoms with Gasteiger partial charge < -0.3 is 9.88 Å². The molecule has 0 atom stereocenters. The molecule has 0 unspecified atom stereocenters. The molecule has 1 amide bonds. The molecule has 5 aromatic rings. The van der Waals surface area contributed by atoms with E-state index in [1.54, 1.807) is 38.1 Å². The van der Waals surface area contributed by atoms with Crippen LogP contribution in [0.3, 0.4) is 0 Å². The molecular weight excluding hydrogens is 494 g/mol. The Hall–Kier alpha value is -4.10. The Labute approximate surface area is 223 Å². The second-order valence-corrected chi connectivity index (χ2v) is 11.3. The van der Waals surface area contributed by atoms with Crippen LogP contribution in [0.1, 0.15) is 39.5 Å². The van der Waals surface area contributed by atoms with Gasteiger partial charge in [0.25, 0.3) is 15.9 Å². The molecule has 0 bridgehead atoms. The van der Waals surface area contributed by atoms with Gasteiger partial charge in [-0.2, -0.15) is 0 Å². The zero-order valence-corrected chi connectivity index (χ0v) is 23.0. The van der Waals surface area contributed by atoms with Crippen LogP contribution in [0, 0.1) is 27.7 Å². The second-order valence-electron chi connectivity index (χ2n) is 9.69. The first kappa shape index (κ1) is 25.5. The van der Waals surface area contributed by atoms with Crippen LogP contribution in [-0.2, 0) is 16.6 Å². The standard InChI is InChI=1S/C31H31N3O3S/c1-6-34-28-14-10-8-11-24(28)26-18-23(15-16-29(26)34)32-31(35)25-12-7-9-13-27(25)33-38(36,37)30-21(4)19(2)17-20(3)22(30)5/h7-18,33H,6H2,1-5H3,(H,32,35). The van der Waals surface area contributed by atoms with E-state index in [-0.39, 0.29) is 16.1 Å². The van der Waals surface area contributed by atoms with Gasteiger partial charge in [-0.15, -0.1) is 0 Å². The lowest BCUT2D eigenvalue weighted by Crippen LogP contribution is -2.20. The number of hydrogen-bond acceptors (Lipinski definition) is 3. The van der Waals surface area contributed by atoms with Gasteiger partial charge in [0.15, 0.2) is 0 Å². The van der Waals surface area contributed by atoms with Gasteiger partial charge in [0.05, 0.1) is 16.1 Å². The Bertz CT molecular complexity index is 1810. The normalized spacial score (nSPS) is 11.7. The second kappa shape index (κ2) is 9.65. The van der Waals surface area contributed by atoms with Crippen molar-refractivity contribution in [3.05, 3.63) is 101 Å². The predicted molar refractivity (Wildman–Crippen MR) is 156 cm³/mol. The Kier molecular flexibility index (Phi) is 6.49. The third-order valence-corrected chi connectivity index (χ3v) is 8.97. The fourth-order valence-corrected chi connectivity index (χ4v) is 6.92. The number of benzene rings is 4. The monoisotopic (exact) mass is 525 g/mol. The maximum absolute atomic E-state index is 13.5. The maximum Gasteiger partial charge on any atom is 0.262 e. The number of aromatic nitrogens is 1. The molecule has 0 saturated carbocycles. The van der Waals surface area contributed by atoms with Gasteiger partial charge in [0, 0.05) is 34.0 Å². The fraction of sp³-hybridized carbons (Fsp3) is 0.194. The summed E-state index contributed by atoms with van der Waals surface area (Å²) >= 11 is 0. The summed E-state index contributed by atoms with van der Waals surface area (Å²) in [5.41, 5.74) is 6.55. The van der Waals surface area contributed by atoms with Crippen LogP contribution in [0.15, 0.2) is 77.7 Å². The number of nitrogens with one attached hydrogen (secondary N) is 2. The van der Waals surface area contributed by atoms with E-state index in [2.05, 4.69) is 33.7 Å². The average Bonchev–Trinajstić information content (AvgIpc) is 3.20. The van der Waals surface area contributed by atoms with Crippen molar-refractivity contribution in [1.82, 2.24) is 4.57 Å². The van der Waals surface area contributed by atoms with Crippen LogP contribution >= 0.6 is 0 Å². The highest BCUT2D eigenvalue weighted by atomic mass is 32.2. The van der Waals surface area contributed by atoms with Crippen molar-refractivity contribution in [2.45, 2.75) is 46.1 Å². The number of nitrogens with zero attached hydrogens (tertiary/aromatic N) is 1. The van der Waals surface area contributed by atoms with Crippen molar-refractivity contribution in [2.24, 2.45) is 0 Å². The smallest absolute Gasteiger partial charge is 0.262 e. The number of anilines is 2. The largest absolute Gasteiger partial charge is 0.341 e. The Morgan fingerprint density at radius 3 is 2.13 bits per heavy atom. The molecule has 0 aliphatic carbocycles. The summed E-state index contributed by atoms with van der Waals surface area (Å²) in [5.74, 6) is -0.393. The molecular formula is C31H31N3O3S. The molecule has 0 fully saturated rings.